The SMILES string of the molecule is CNc1nnc(SCC(=O)Nc2ccccc2C(=O)Nc2ccc3c(c2)OCO3)s1. The highest BCUT2D eigenvalue weighted by Crippen LogP contribution is 2.34. The highest BCUT2D eigenvalue weighted by atomic mass is 32.2. The second kappa shape index (κ2) is 9.01. The van der Waals surface area contributed by atoms with Gasteiger partial charge in [-0.15, -0.1) is 10.2 Å². The summed E-state index contributed by atoms with van der Waals surface area (Å²) in [4.78, 5) is 25.1. The number of anilines is 3. The molecule has 0 unspecified atom stereocenters. The molecule has 4 rings (SSSR count). The Labute approximate surface area is 180 Å². The number of carbonyl (C=O) groups is 2. The summed E-state index contributed by atoms with van der Waals surface area (Å²) in [6, 6.07) is 12.0. The molecule has 0 atom stereocenters. The first-order valence-corrected chi connectivity index (χ1v) is 10.7. The van der Waals surface area contributed by atoms with Crippen LogP contribution in [0, 0.1) is 0 Å². The molecule has 30 heavy (non-hydrogen) atoms. The Bertz CT molecular complexity index is 1090. The van der Waals surface area contributed by atoms with Crippen molar-refractivity contribution in [3.05, 3.63) is 48.0 Å². The Morgan fingerprint density at radius 1 is 1.10 bits per heavy atom. The lowest BCUT2D eigenvalue weighted by Gasteiger charge is -2.11. The number of thioether (sulfide) groups is 1. The summed E-state index contributed by atoms with van der Waals surface area (Å²) >= 11 is 2.64. The number of fused-ring (bicyclic) bond motifs is 1. The summed E-state index contributed by atoms with van der Waals surface area (Å²) in [6.07, 6.45) is 0. The molecule has 2 heterocycles. The molecule has 3 N–H and O–H groups in total. The smallest absolute Gasteiger partial charge is 0.257 e. The van der Waals surface area contributed by atoms with Crippen LogP contribution in [0.3, 0.4) is 0 Å². The molecule has 0 bridgehead atoms. The first kappa shape index (κ1) is 20.0. The van der Waals surface area contributed by atoms with Gasteiger partial charge in [0.05, 0.1) is 17.0 Å². The van der Waals surface area contributed by atoms with Crippen LogP contribution < -0.4 is 25.4 Å². The quantitative estimate of drug-likeness (QED) is 0.477. The van der Waals surface area contributed by atoms with Crippen molar-refractivity contribution < 1.29 is 19.1 Å². The number of benzene rings is 2. The number of amides is 2. The van der Waals surface area contributed by atoms with Crippen LogP contribution in [0.15, 0.2) is 46.8 Å². The van der Waals surface area contributed by atoms with Gasteiger partial charge in [0.15, 0.2) is 15.8 Å². The number of aromatic nitrogens is 2. The number of rotatable bonds is 7. The largest absolute Gasteiger partial charge is 0.454 e. The zero-order valence-electron chi connectivity index (χ0n) is 15.8. The molecule has 0 radical (unpaired) electrons. The van der Waals surface area contributed by atoms with Gasteiger partial charge < -0.3 is 25.4 Å². The summed E-state index contributed by atoms with van der Waals surface area (Å²) in [7, 11) is 1.76. The lowest BCUT2D eigenvalue weighted by molar-refractivity contribution is -0.113. The zero-order chi connectivity index (χ0) is 20.9. The van der Waals surface area contributed by atoms with E-state index in [9.17, 15) is 9.59 Å². The lowest BCUT2D eigenvalue weighted by Crippen LogP contribution is -2.19. The molecule has 2 aromatic carbocycles. The van der Waals surface area contributed by atoms with E-state index in [1.807, 2.05) is 0 Å². The number of para-hydroxylation sites is 1. The molecule has 1 aromatic heterocycles. The van der Waals surface area contributed by atoms with Crippen LogP contribution >= 0.6 is 23.1 Å². The Balaban J connectivity index is 1.40. The monoisotopic (exact) mass is 443 g/mol. The molecule has 0 spiro atoms. The molecular weight excluding hydrogens is 426 g/mol. The van der Waals surface area contributed by atoms with E-state index in [0.717, 1.165) is 0 Å². The molecule has 0 fully saturated rings. The molecule has 2 amide bonds. The molecule has 0 saturated heterocycles. The third kappa shape index (κ3) is 4.63. The van der Waals surface area contributed by atoms with Gasteiger partial charge in [-0.05, 0) is 24.3 Å². The van der Waals surface area contributed by atoms with E-state index >= 15 is 0 Å². The van der Waals surface area contributed by atoms with Gasteiger partial charge in [0.2, 0.25) is 17.8 Å². The van der Waals surface area contributed by atoms with Crippen LogP contribution in [0.2, 0.25) is 0 Å². The molecule has 1 aliphatic heterocycles. The minimum Gasteiger partial charge on any atom is -0.454 e. The standard InChI is InChI=1S/C19H17N5O4S2/c1-20-18-23-24-19(30-18)29-9-16(25)22-13-5-3-2-4-12(13)17(26)21-11-6-7-14-15(8-11)28-10-27-14/h2-8H,9-10H2,1H3,(H,20,23)(H,21,26)(H,22,25). The Morgan fingerprint density at radius 3 is 2.77 bits per heavy atom. The fourth-order valence-corrected chi connectivity index (χ4v) is 4.15. The average Bonchev–Trinajstić information content (AvgIpc) is 3.41. The van der Waals surface area contributed by atoms with Crippen LogP contribution in [0.1, 0.15) is 10.4 Å². The molecule has 11 heteroatoms. The Hall–Kier alpha value is -3.31. The Kier molecular flexibility index (Phi) is 6.00. The van der Waals surface area contributed by atoms with Crippen LogP contribution in [-0.2, 0) is 4.79 Å². The third-order valence-corrected chi connectivity index (χ3v) is 6.10. The number of hydrogen-bond donors (Lipinski definition) is 3. The fourth-order valence-electron chi connectivity index (χ4n) is 2.65. The van der Waals surface area contributed by atoms with Crippen molar-refractivity contribution >= 4 is 51.4 Å². The van der Waals surface area contributed by atoms with E-state index in [0.29, 0.717) is 37.9 Å². The topological polar surface area (TPSA) is 114 Å². The first-order valence-electron chi connectivity index (χ1n) is 8.86. The normalized spacial score (nSPS) is 11.8. The van der Waals surface area contributed by atoms with E-state index in [-0.39, 0.29) is 24.4 Å². The number of hydrogen-bond acceptors (Lipinski definition) is 9. The predicted molar refractivity (Wildman–Crippen MR) is 116 cm³/mol. The van der Waals surface area contributed by atoms with Crippen molar-refractivity contribution in [3.63, 3.8) is 0 Å². The van der Waals surface area contributed by atoms with Gasteiger partial charge in [0.25, 0.3) is 5.91 Å². The van der Waals surface area contributed by atoms with E-state index in [2.05, 4.69) is 26.1 Å². The van der Waals surface area contributed by atoms with Gasteiger partial charge in [-0.3, -0.25) is 9.59 Å². The average molecular weight is 444 g/mol. The molecular formula is C19H17N5O4S2. The van der Waals surface area contributed by atoms with Gasteiger partial charge >= 0.3 is 0 Å². The molecule has 0 saturated carbocycles. The van der Waals surface area contributed by atoms with Crippen LogP contribution in [-0.4, -0.2) is 41.6 Å². The van der Waals surface area contributed by atoms with Crippen LogP contribution in [0.25, 0.3) is 0 Å². The number of ether oxygens (including phenoxy) is 2. The zero-order valence-corrected chi connectivity index (χ0v) is 17.4. The molecule has 1 aliphatic rings. The lowest BCUT2D eigenvalue weighted by atomic mass is 10.1. The van der Waals surface area contributed by atoms with Crippen molar-refractivity contribution in [1.82, 2.24) is 10.2 Å². The maximum absolute atomic E-state index is 12.8. The van der Waals surface area contributed by atoms with Gasteiger partial charge in [-0.2, -0.15) is 0 Å². The van der Waals surface area contributed by atoms with Crippen LogP contribution in [0.5, 0.6) is 11.5 Å². The van der Waals surface area contributed by atoms with Crippen molar-refractivity contribution in [1.29, 1.82) is 0 Å². The van der Waals surface area contributed by atoms with E-state index in [1.165, 1.54) is 23.1 Å². The summed E-state index contributed by atoms with van der Waals surface area (Å²) in [5.74, 6) is 0.765. The van der Waals surface area contributed by atoms with Gasteiger partial charge in [-0.25, -0.2) is 0 Å². The maximum atomic E-state index is 12.8. The highest BCUT2D eigenvalue weighted by Gasteiger charge is 2.17. The highest BCUT2D eigenvalue weighted by molar-refractivity contribution is 8.01. The van der Waals surface area contributed by atoms with Crippen LogP contribution in [0.4, 0.5) is 16.5 Å². The minimum atomic E-state index is -0.347. The fraction of sp³-hybridized carbons (Fsp3) is 0.158. The summed E-state index contributed by atoms with van der Waals surface area (Å²) in [5, 5.41) is 17.1. The molecule has 0 aliphatic carbocycles. The predicted octanol–water partition coefficient (Wildman–Crippen LogP) is 3.29. The maximum Gasteiger partial charge on any atom is 0.257 e. The summed E-state index contributed by atoms with van der Waals surface area (Å²) in [5.41, 5.74) is 1.34. The van der Waals surface area contributed by atoms with E-state index in [4.69, 9.17) is 9.47 Å². The van der Waals surface area contributed by atoms with E-state index in [1.54, 1.807) is 49.5 Å². The number of carbonyl (C=O) groups excluding carboxylic acids is 2. The molecule has 9 nitrogen and oxygen atoms in total. The van der Waals surface area contributed by atoms with Gasteiger partial charge in [-0.1, -0.05) is 35.2 Å². The summed E-state index contributed by atoms with van der Waals surface area (Å²) in [6.45, 7) is 0.160. The van der Waals surface area contributed by atoms with Crippen molar-refractivity contribution in [3.8, 4) is 11.5 Å². The first-order chi connectivity index (χ1) is 14.6. The third-order valence-electron chi connectivity index (χ3n) is 4.02. The van der Waals surface area contributed by atoms with E-state index < -0.39 is 0 Å². The molecule has 154 valence electrons. The van der Waals surface area contributed by atoms with Crippen molar-refractivity contribution in [2.45, 2.75) is 4.34 Å². The Morgan fingerprint density at radius 2 is 1.93 bits per heavy atom. The van der Waals surface area contributed by atoms with Crippen molar-refractivity contribution in [2.75, 3.05) is 35.5 Å². The number of nitrogens with zero attached hydrogens (tertiary/aromatic N) is 2. The minimum absolute atomic E-state index is 0.149. The second-order valence-electron chi connectivity index (χ2n) is 6.03. The van der Waals surface area contributed by atoms with Crippen molar-refractivity contribution in [2.24, 2.45) is 0 Å². The van der Waals surface area contributed by atoms with Gasteiger partial charge in [0.1, 0.15) is 0 Å². The second-order valence-corrected chi connectivity index (χ2v) is 8.23. The molecule has 3 aromatic rings. The summed E-state index contributed by atoms with van der Waals surface area (Å²) < 4.78 is 11.3. The number of nitrogens with one attached hydrogen (secondary N) is 3. The van der Waals surface area contributed by atoms with Gasteiger partial charge in [0, 0.05) is 18.8 Å².